The van der Waals surface area contributed by atoms with Gasteiger partial charge in [-0.1, -0.05) is 13.8 Å². The minimum Gasteiger partial charge on any atom is -0.162 e. The van der Waals surface area contributed by atoms with Crippen LogP contribution in [0.25, 0.3) is 0 Å². The molecular formula is C12H24S4. The summed E-state index contributed by atoms with van der Waals surface area (Å²) >= 11 is 7.99. The molecule has 0 radical (unpaired) electrons. The van der Waals surface area contributed by atoms with Crippen LogP contribution in [-0.2, 0) is 0 Å². The van der Waals surface area contributed by atoms with E-state index in [0.717, 1.165) is 0 Å². The van der Waals surface area contributed by atoms with Gasteiger partial charge in [0, 0.05) is 0 Å². The van der Waals surface area contributed by atoms with Gasteiger partial charge in [-0.2, -0.15) is 23.5 Å². The maximum Gasteiger partial charge on any atom is -0.00179 e. The van der Waals surface area contributed by atoms with E-state index in [4.69, 9.17) is 0 Å². The molecule has 96 valence electrons. The van der Waals surface area contributed by atoms with Gasteiger partial charge in [0.25, 0.3) is 0 Å². The molecule has 0 spiro atoms. The lowest BCUT2D eigenvalue weighted by Crippen LogP contribution is -1.83. The van der Waals surface area contributed by atoms with Crippen molar-refractivity contribution < 1.29 is 0 Å². The van der Waals surface area contributed by atoms with Crippen molar-refractivity contribution >= 4 is 47.0 Å². The lowest BCUT2D eigenvalue weighted by molar-refractivity contribution is 1.12. The van der Waals surface area contributed by atoms with Crippen LogP contribution in [0.3, 0.4) is 0 Å². The van der Waals surface area contributed by atoms with Gasteiger partial charge in [-0.25, -0.2) is 0 Å². The zero-order valence-corrected chi connectivity index (χ0v) is 13.7. The first-order chi connectivity index (χ1) is 7.91. The minimum absolute atomic E-state index is 1.26. The van der Waals surface area contributed by atoms with Crippen molar-refractivity contribution in [2.45, 2.75) is 26.7 Å². The number of hydrogen-bond acceptors (Lipinski definition) is 4. The first-order valence-electron chi connectivity index (χ1n) is 5.95. The van der Waals surface area contributed by atoms with Crippen LogP contribution in [0.4, 0.5) is 0 Å². The molecule has 0 nitrogen and oxygen atoms in total. The third kappa shape index (κ3) is 15.1. The molecule has 0 amide bonds. The fourth-order valence-electron chi connectivity index (χ4n) is 0.992. The summed E-state index contributed by atoms with van der Waals surface area (Å²) in [5.74, 6) is 7.70. The molecule has 0 aliphatic carbocycles. The molecule has 0 fully saturated rings. The Kier molecular flexibility index (Phi) is 17.3. The molecule has 0 rings (SSSR count). The Labute approximate surface area is 119 Å². The van der Waals surface area contributed by atoms with E-state index in [9.17, 15) is 0 Å². The van der Waals surface area contributed by atoms with Crippen LogP contribution < -0.4 is 0 Å². The van der Waals surface area contributed by atoms with Crippen molar-refractivity contribution in [2.75, 3.05) is 34.5 Å². The van der Waals surface area contributed by atoms with Crippen molar-refractivity contribution in [1.29, 1.82) is 0 Å². The highest BCUT2D eigenvalue weighted by Gasteiger charge is 1.88. The summed E-state index contributed by atoms with van der Waals surface area (Å²) in [4.78, 5) is 0. The molecule has 0 unspecified atom stereocenters. The van der Waals surface area contributed by atoms with Gasteiger partial charge in [0.15, 0.2) is 0 Å². The zero-order valence-electron chi connectivity index (χ0n) is 10.4. The normalized spacial score (nSPS) is 11.4. The van der Waals surface area contributed by atoms with Crippen molar-refractivity contribution in [3.05, 3.63) is 10.8 Å². The van der Waals surface area contributed by atoms with Crippen LogP contribution in [0.2, 0.25) is 0 Å². The molecule has 0 aromatic heterocycles. The van der Waals surface area contributed by atoms with Crippen LogP contribution in [0.15, 0.2) is 10.8 Å². The fourth-order valence-corrected chi connectivity index (χ4v) is 4.15. The van der Waals surface area contributed by atoms with Crippen molar-refractivity contribution in [1.82, 2.24) is 0 Å². The summed E-state index contributed by atoms with van der Waals surface area (Å²) in [6.45, 7) is 4.45. The van der Waals surface area contributed by atoms with Crippen LogP contribution in [0, 0.1) is 0 Å². The predicted octanol–water partition coefficient (Wildman–Crippen LogP) is 5.21. The number of thioether (sulfide) groups is 4. The highest BCUT2D eigenvalue weighted by atomic mass is 32.2. The highest BCUT2D eigenvalue weighted by Crippen LogP contribution is 2.13. The molecule has 0 aromatic carbocycles. The van der Waals surface area contributed by atoms with Gasteiger partial charge < -0.3 is 0 Å². The standard InChI is InChI=1S/C12H24S4/c1-3-13-7-5-9-15-11-12-16-10-6-8-14-4-2/h11-12H,3-10H2,1-2H3/b12-11+. The largest absolute Gasteiger partial charge is 0.162 e. The van der Waals surface area contributed by atoms with Gasteiger partial charge in [-0.3, -0.25) is 0 Å². The summed E-state index contributed by atoms with van der Waals surface area (Å²) in [6.07, 6.45) is 2.68. The maximum atomic E-state index is 2.26. The number of rotatable bonds is 12. The zero-order chi connectivity index (χ0) is 11.9. The molecule has 4 heteroatoms. The molecule has 0 aliphatic rings. The van der Waals surface area contributed by atoms with Gasteiger partial charge in [0.05, 0.1) is 0 Å². The predicted molar refractivity (Wildman–Crippen MR) is 89.3 cm³/mol. The molecule has 0 heterocycles. The Hall–Kier alpha value is 1.14. The fraction of sp³-hybridized carbons (Fsp3) is 0.833. The molecular weight excluding hydrogens is 272 g/mol. The average Bonchev–Trinajstić information content (AvgIpc) is 2.31. The highest BCUT2D eigenvalue weighted by molar-refractivity contribution is 8.05. The Morgan fingerprint density at radius 1 is 0.688 bits per heavy atom. The van der Waals surface area contributed by atoms with Gasteiger partial charge in [-0.15, -0.1) is 23.5 Å². The second-order valence-corrected chi connectivity index (χ2v) is 7.93. The Bertz CT molecular complexity index is 132. The van der Waals surface area contributed by atoms with E-state index in [0.29, 0.717) is 0 Å². The topological polar surface area (TPSA) is 0 Å². The van der Waals surface area contributed by atoms with Crippen molar-refractivity contribution in [3.63, 3.8) is 0 Å². The summed E-state index contributed by atoms with van der Waals surface area (Å²) in [5, 5.41) is 4.52. The SMILES string of the molecule is CCSCCCS/C=C/SCCCSCC. The quantitative estimate of drug-likeness (QED) is 0.453. The molecule has 0 atom stereocenters. The molecule has 0 aliphatic heterocycles. The monoisotopic (exact) mass is 296 g/mol. The lowest BCUT2D eigenvalue weighted by atomic mass is 10.6. The van der Waals surface area contributed by atoms with Crippen molar-refractivity contribution in [3.8, 4) is 0 Å². The third-order valence-corrected chi connectivity index (χ3v) is 5.61. The molecule has 0 N–H and O–H groups in total. The van der Waals surface area contributed by atoms with Gasteiger partial charge in [0.1, 0.15) is 0 Å². The molecule has 16 heavy (non-hydrogen) atoms. The molecule has 0 saturated heterocycles. The summed E-state index contributed by atoms with van der Waals surface area (Å²) in [5.41, 5.74) is 0. The van der Waals surface area contributed by atoms with Crippen LogP contribution in [0.5, 0.6) is 0 Å². The van der Waals surface area contributed by atoms with E-state index >= 15 is 0 Å². The van der Waals surface area contributed by atoms with E-state index in [1.165, 1.54) is 47.4 Å². The summed E-state index contributed by atoms with van der Waals surface area (Å²) < 4.78 is 0. The van der Waals surface area contributed by atoms with E-state index in [2.05, 4.69) is 24.7 Å². The molecule has 0 aromatic rings. The van der Waals surface area contributed by atoms with E-state index in [-0.39, 0.29) is 0 Å². The molecule has 0 bridgehead atoms. The first-order valence-corrected chi connectivity index (χ1v) is 10.4. The Morgan fingerprint density at radius 3 is 1.50 bits per heavy atom. The Morgan fingerprint density at radius 2 is 1.12 bits per heavy atom. The van der Waals surface area contributed by atoms with Crippen LogP contribution in [0.1, 0.15) is 26.7 Å². The van der Waals surface area contributed by atoms with Gasteiger partial charge in [-0.05, 0) is 58.2 Å². The van der Waals surface area contributed by atoms with E-state index < -0.39 is 0 Å². The van der Waals surface area contributed by atoms with Crippen LogP contribution in [-0.4, -0.2) is 34.5 Å². The third-order valence-electron chi connectivity index (χ3n) is 1.76. The van der Waals surface area contributed by atoms with Crippen molar-refractivity contribution in [2.24, 2.45) is 0 Å². The summed E-state index contributed by atoms with van der Waals surface area (Å²) in [6, 6.07) is 0. The number of hydrogen-bond donors (Lipinski definition) is 0. The second kappa shape index (κ2) is 16.1. The van der Waals surface area contributed by atoms with Gasteiger partial charge >= 0.3 is 0 Å². The average molecular weight is 297 g/mol. The maximum absolute atomic E-state index is 2.26. The Balaban J connectivity index is 2.98. The molecule has 0 saturated carbocycles. The second-order valence-electron chi connectivity index (χ2n) is 3.11. The smallest absolute Gasteiger partial charge is 0.00179 e. The first kappa shape index (κ1) is 17.1. The lowest BCUT2D eigenvalue weighted by Gasteiger charge is -1.97. The minimum atomic E-state index is 1.26. The van der Waals surface area contributed by atoms with Gasteiger partial charge in [0.2, 0.25) is 0 Å². The van der Waals surface area contributed by atoms with Crippen LogP contribution >= 0.6 is 47.0 Å². The van der Waals surface area contributed by atoms with E-state index in [1.807, 2.05) is 47.0 Å². The summed E-state index contributed by atoms with van der Waals surface area (Å²) in [7, 11) is 0. The van der Waals surface area contributed by atoms with E-state index in [1.54, 1.807) is 0 Å².